The average molecular weight is 279 g/mol. The van der Waals surface area contributed by atoms with Crippen LogP contribution in [0.4, 0.5) is 0 Å². The van der Waals surface area contributed by atoms with Gasteiger partial charge in [-0.1, -0.05) is 57.6 Å². The van der Waals surface area contributed by atoms with Gasteiger partial charge in [0.25, 0.3) is 0 Å². The molecule has 2 atom stereocenters. The van der Waals surface area contributed by atoms with Gasteiger partial charge in [0.1, 0.15) is 0 Å². The standard InChI is InChI=1S/C18H31O2/c1-2-3-11-14-17-18(20-17)15-12-9-7-5-4-6-8-10-13-16-19/h9,12,17-18H,2-8,10-11,13-15H2,1H3/b12-9+. The fraction of sp³-hybridized carbons (Fsp3) is 0.833. The highest BCUT2D eigenvalue weighted by molar-refractivity contribution is 5.50. The quantitative estimate of drug-likeness (QED) is 0.251. The van der Waals surface area contributed by atoms with Crippen molar-refractivity contribution in [3.8, 4) is 0 Å². The first kappa shape index (κ1) is 17.4. The summed E-state index contributed by atoms with van der Waals surface area (Å²) in [4.78, 5) is 10.0. The number of unbranched alkanes of at least 4 members (excludes halogenated alkanes) is 8. The summed E-state index contributed by atoms with van der Waals surface area (Å²) in [5.41, 5.74) is 0. The Balaban J connectivity index is 1.80. The first-order chi connectivity index (χ1) is 9.88. The molecule has 20 heavy (non-hydrogen) atoms. The van der Waals surface area contributed by atoms with Crippen molar-refractivity contribution in [1.82, 2.24) is 0 Å². The highest BCUT2D eigenvalue weighted by Gasteiger charge is 2.36. The van der Waals surface area contributed by atoms with Gasteiger partial charge in [-0.25, -0.2) is 0 Å². The van der Waals surface area contributed by atoms with Crippen LogP contribution in [0.25, 0.3) is 0 Å². The molecule has 0 bridgehead atoms. The molecule has 0 aromatic heterocycles. The predicted octanol–water partition coefficient (Wildman–Crippen LogP) is 5.12. The van der Waals surface area contributed by atoms with Gasteiger partial charge in [0.05, 0.1) is 12.2 Å². The lowest BCUT2D eigenvalue weighted by atomic mass is 10.1. The Labute approximate surface area is 125 Å². The summed E-state index contributed by atoms with van der Waals surface area (Å²) in [6.45, 7) is 2.24. The zero-order valence-corrected chi connectivity index (χ0v) is 13.1. The maximum absolute atomic E-state index is 10.0. The van der Waals surface area contributed by atoms with Gasteiger partial charge >= 0.3 is 0 Å². The Morgan fingerprint density at radius 1 is 0.950 bits per heavy atom. The second-order valence-electron chi connectivity index (χ2n) is 5.87. The smallest absolute Gasteiger partial charge is 0.198 e. The minimum atomic E-state index is 0.516. The summed E-state index contributed by atoms with van der Waals surface area (Å²) in [7, 11) is 0. The minimum absolute atomic E-state index is 0.516. The molecule has 1 aliphatic rings. The molecule has 115 valence electrons. The molecule has 0 spiro atoms. The van der Waals surface area contributed by atoms with Crippen LogP contribution in [0.2, 0.25) is 0 Å². The molecule has 0 aromatic rings. The van der Waals surface area contributed by atoms with Crippen LogP contribution in [0.1, 0.15) is 84.0 Å². The predicted molar refractivity (Wildman–Crippen MR) is 84.6 cm³/mol. The number of allylic oxidation sites excluding steroid dienone is 1. The van der Waals surface area contributed by atoms with Crippen LogP contribution in [0.5, 0.6) is 0 Å². The molecule has 1 heterocycles. The van der Waals surface area contributed by atoms with E-state index in [1.807, 2.05) is 6.29 Å². The Bertz CT molecular complexity index is 260. The fourth-order valence-corrected chi connectivity index (χ4v) is 2.57. The lowest BCUT2D eigenvalue weighted by molar-refractivity contribution is 0.359. The first-order valence-corrected chi connectivity index (χ1v) is 8.54. The van der Waals surface area contributed by atoms with Crippen LogP contribution in [-0.4, -0.2) is 18.5 Å². The van der Waals surface area contributed by atoms with Gasteiger partial charge in [0.2, 0.25) is 0 Å². The average Bonchev–Trinajstić information content (AvgIpc) is 3.20. The third-order valence-corrected chi connectivity index (χ3v) is 3.96. The van der Waals surface area contributed by atoms with E-state index in [0.29, 0.717) is 18.6 Å². The number of rotatable bonds is 14. The Kier molecular flexibility index (Phi) is 10.6. The van der Waals surface area contributed by atoms with E-state index in [0.717, 1.165) is 12.8 Å². The number of hydrogen-bond acceptors (Lipinski definition) is 2. The van der Waals surface area contributed by atoms with E-state index >= 15 is 0 Å². The largest absolute Gasteiger partial charge is 0.369 e. The molecule has 0 aromatic carbocycles. The molecule has 1 rings (SSSR count). The van der Waals surface area contributed by atoms with Gasteiger partial charge in [-0.2, -0.15) is 0 Å². The van der Waals surface area contributed by atoms with Gasteiger partial charge in [-0.05, 0) is 32.1 Å². The molecule has 2 unspecified atom stereocenters. The van der Waals surface area contributed by atoms with Crippen molar-refractivity contribution in [2.75, 3.05) is 0 Å². The molecule has 2 heteroatoms. The van der Waals surface area contributed by atoms with E-state index in [1.54, 1.807) is 0 Å². The third-order valence-electron chi connectivity index (χ3n) is 3.96. The topological polar surface area (TPSA) is 29.6 Å². The third kappa shape index (κ3) is 9.30. The Morgan fingerprint density at radius 2 is 1.75 bits per heavy atom. The zero-order chi connectivity index (χ0) is 14.5. The maximum atomic E-state index is 10.0. The van der Waals surface area contributed by atoms with Crippen LogP contribution in [0.15, 0.2) is 12.2 Å². The monoisotopic (exact) mass is 279 g/mol. The van der Waals surface area contributed by atoms with Gasteiger partial charge in [-0.3, -0.25) is 4.79 Å². The van der Waals surface area contributed by atoms with Crippen molar-refractivity contribution < 1.29 is 9.53 Å². The molecule has 1 fully saturated rings. The SMILES string of the molecule is CCCCCC1OC1C/C=C/CCCCCCC[C]=O. The lowest BCUT2D eigenvalue weighted by Crippen LogP contribution is -1.92. The molecule has 0 saturated carbocycles. The molecule has 0 N–H and O–H groups in total. The van der Waals surface area contributed by atoms with Crippen LogP contribution in [-0.2, 0) is 9.53 Å². The molecule has 0 amide bonds. The Morgan fingerprint density at radius 3 is 2.55 bits per heavy atom. The molecule has 2 nitrogen and oxygen atoms in total. The molecule has 1 saturated heterocycles. The maximum Gasteiger partial charge on any atom is 0.198 e. The van der Waals surface area contributed by atoms with E-state index in [4.69, 9.17) is 4.74 Å². The highest BCUT2D eigenvalue weighted by atomic mass is 16.6. The van der Waals surface area contributed by atoms with Crippen LogP contribution in [0.3, 0.4) is 0 Å². The molecular formula is C18H31O2. The van der Waals surface area contributed by atoms with Crippen molar-refractivity contribution in [2.24, 2.45) is 0 Å². The summed E-state index contributed by atoms with van der Waals surface area (Å²) < 4.78 is 5.66. The van der Waals surface area contributed by atoms with Crippen molar-refractivity contribution in [3.05, 3.63) is 12.2 Å². The molecular weight excluding hydrogens is 248 g/mol. The molecule has 1 aliphatic heterocycles. The molecule has 1 radical (unpaired) electrons. The number of ether oxygens (including phenoxy) is 1. The van der Waals surface area contributed by atoms with Gasteiger partial charge in [0.15, 0.2) is 6.29 Å². The number of epoxide rings is 1. The van der Waals surface area contributed by atoms with Gasteiger partial charge in [-0.15, -0.1) is 0 Å². The second-order valence-corrected chi connectivity index (χ2v) is 5.87. The van der Waals surface area contributed by atoms with E-state index in [1.165, 1.54) is 57.8 Å². The normalized spacial score (nSPS) is 21.4. The van der Waals surface area contributed by atoms with E-state index in [9.17, 15) is 4.79 Å². The van der Waals surface area contributed by atoms with Gasteiger partial charge < -0.3 is 4.74 Å². The van der Waals surface area contributed by atoms with Crippen LogP contribution >= 0.6 is 0 Å². The van der Waals surface area contributed by atoms with Crippen molar-refractivity contribution in [2.45, 2.75) is 96.2 Å². The first-order valence-electron chi connectivity index (χ1n) is 8.54. The van der Waals surface area contributed by atoms with E-state index < -0.39 is 0 Å². The van der Waals surface area contributed by atoms with Crippen molar-refractivity contribution in [3.63, 3.8) is 0 Å². The summed E-state index contributed by atoms with van der Waals surface area (Å²) in [6, 6.07) is 0. The van der Waals surface area contributed by atoms with E-state index in [2.05, 4.69) is 19.1 Å². The van der Waals surface area contributed by atoms with Gasteiger partial charge in [0, 0.05) is 6.42 Å². The summed E-state index contributed by atoms with van der Waals surface area (Å²) in [5, 5.41) is 0. The lowest BCUT2D eigenvalue weighted by Gasteiger charge is -1.97. The number of hydrogen-bond donors (Lipinski definition) is 0. The summed E-state index contributed by atoms with van der Waals surface area (Å²) in [6.07, 6.45) is 21.7. The number of carbonyl (C=O) groups excluding carboxylic acids is 1. The van der Waals surface area contributed by atoms with Crippen molar-refractivity contribution >= 4 is 6.29 Å². The highest BCUT2D eigenvalue weighted by Crippen LogP contribution is 2.30. The van der Waals surface area contributed by atoms with E-state index in [-0.39, 0.29) is 0 Å². The Hall–Kier alpha value is -0.630. The molecule has 0 aliphatic carbocycles. The summed E-state index contributed by atoms with van der Waals surface area (Å²) >= 11 is 0. The summed E-state index contributed by atoms with van der Waals surface area (Å²) in [5.74, 6) is 0. The van der Waals surface area contributed by atoms with Crippen molar-refractivity contribution in [1.29, 1.82) is 0 Å². The fourth-order valence-electron chi connectivity index (χ4n) is 2.57. The second kappa shape index (κ2) is 12.1. The minimum Gasteiger partial charge on any atom is -0.369 e. The zero-order valence-electron chi connectivity index (χ0n) is 13.1. The van der Waals surface area contributed by atoms with Crippen LogP contribution < -0.4 is 0 Å². The van der Waals surface area contributed by atoms with Crippen LogP contribution in [0, 0.1) is 0 Å².